The third-order valence-corrected chi connectivity index (χ3v) is 4.34. The number of carbonyl (C=O) groups is 1. The predicted molar refractivity (Wildman–Crippen MR) is 104 cm³/mol. The van der Waals surface area contributed by atoms with Gasteiger partial charge in [-0.05, 0) is 44.2 Å². The van der Waals surface area contributed by atoms with Gasteiger partial charge in [-0.3, -0.25) is 14.7 Å². The Morgan fingerprint density at radius 3 is 2.53 bits per heavy atom. The molecule has 1 aromatic heterocycles. The van der Waals surface area contributed by atoms with Crippen LogP contribution in [0.3, 0.4) is 0 Å². The highest BCUT2D eigenvalue weighted by atomic mass is 19.4. The molecule has 3 N–H and O–H groups in total. The van der Waals surface area contributed by atoms with Crippen LogP contribution in [0, 0.1) is 6.92 Å². The first-order chi connectivity index (χ1) is 14.1. The molecule has 0 saturated carbocycles. The summed E-state index contributed by atoms with van der Waals surface area (Å²) in [5.41, 5.74) is 1.35. The Morgan fingerprint density at radius 1 is 1.17 bits per heavy atom. The van der Waals surface area contributed by atoms with E-state index in [0.29, 0.717) is 5.69 Å². The van der Waals surface area contributed by atoms with Gasteiger partial charge in [0.05, 0.1) is 28.1 Å². The van der Waals surface area contributed by atoms with E-state index in [1.807, 2.05) is 0 Å². The average Bonchev–Trinajstić information content (AvgIpc) is 3.00. The lowest BCUT2D eigenvalue weighted by Crippen LogP contribution is -2.23. The number of aromatic nitrogens is 2. The van der Waals surface area contributed by atoms with Crippen LogP contribution in [-0.2, 0) is 6.18 Å². The minimum absolute atomic E-state index is 0.00113. The zero-order valence-electron chi connectivity index (χ0n) is 15.9. The maximum absolute atomic E-state index is 13.0. The Balaban J connectivity index is 1.92. The van der Waals surface area contributed by atoms with E-state index in [9.17, 15) is 27.9 Å². The first kappa shape index (κ1) is 20.9. The molecule has 3 rings (SSSR count). The third-order valence-electron chi connectivity index (χ3n) is 4.34. The minimum atomic E-state index is -4.55. The molecule has 2 aromatic carbocycles. The van der Waals surface area contributed by atoms with Crippen LogP contribution < -0.4 is 11.0 Å². The number of hydrazone groups is 1. The SMILES string of the molecule is C/C(=N\NC(=O)c1ccccc1O)c1c(C)[nH]n(-c2cccc(C(F)(F)F)c2)c1=O. The van der Waals surface area contributed by atoms with Gasteiger partial charge < -0.3 is 5.11 Å². The Bertz CT molecular complexity index is 1190. The van der Waals surface area contributed by atoms with Gasteiger partial charge in [0.15, 0.2) is 0 Å². The van der Waals surface area contributed by atoms with Gasteiger partial charge in [0.2, 0.25) is 0 Å². The van der Waals surface area contributed by atoms with E-state index in [-0.39, 0.29) is 28.3 Å². The fourth-order valence-electron chi connectivity index (χ4n) is 2.89. The van der Waals surface area contributed by atoms with Crippen molar-refractivity contribution < 1.29 is 23.1 Å². The molecule has 0 spiro atoms. The number of halogens is 3. The smallest absolute Gasteiger partial charge is 0.416 e. The van der Waals surface area contributed by atoms with E-state index < -0.39 is 23.2 Å². The summed E-state index contributed by atoms with van der Waals surface area (Å²) < 4.78 is 39.9. The Morgan fingerprint density at radius 2 is 1.87 bits per heavy atom. The van der Waals surface area contributed by atoms with Crippen LogP contribution in [0.5, 0.6) is 5.75 Å². The molecule has 0 aliphatic carbocycles. The Hall–Kier alpha value is -3.82. The predicted octanol–water partition coefficient (Wildman–Crippen LogP) is 3.35. The third kappa shape index (κ3) is 4.12. The number of para-hydroxylation sites is 1. The van der Waals surface area contributed by atoms with E-state index >= 15 is 0 Å². The number of nitrogens with zero attached hydrogens (tertiary/aromatic N) is 2. The number of phenolic OH excluding ortho intramolecular Hbond substituents is 1. The topological polar surface area (TPSA) is 99.5 Å². The fraction of sp³-hybridized carbons (Fsp3) is 0.150. The van der Waals surface area contributed by atoms with Crippen LogP contribution in [0.2, 0.25) is 0 Å². The van der Waals surface area contributed by atoms with Crippen molar-refractivity contribution in [2.45, 2.75) is 20.0 Å². The highest BCUT2D eigenvalue weighted by molar-refractivity contribution is 6.02. The summed E-state index contributed by atoms with van der Waals surface area (Å²) in [5.74, 6) is -0.911. The highest BCUT2D eigenvalue weighted by Gasteiger charge is 2.30. The molecule has 0 aliphatic rings. The van der Waals surface area contributed by atoms with Gasteiger partial charge in [-0.25, -0.2) is 10.1 Å². The number of carbonyl (C=O) groups excluding carboxylic acids is 1. The summed E-state index contributed by atoms with van der Waals surface area (Å²) in [6.07, 6.45) is -4.55. The standard InChI is InChI=1S/C20H17F3N4O3/c1-11(24-25-18(29)15-8-3-4-9-16(15)28)17-12(2)26-27(19(17)30)14-7-5-6-13(10-14)20(21,22)23/h3-10,26,28H,1-2H3,(H,25,29)/b24-11+. The number of aromatic hydroxyl groups is 1. The number of nitrogens with one attached hydrogen (secondary N) is 2. The number of amides is 1. The molecule has 0 aliphatic heterocycles. The Labute approximate surface area is 168 Å². The lowest BCUT2D eigenvalue weighted by molar-refractivity contribution is -0.137. The number of alkyl halides is 3. The summed E-state index contributed by atoms with van der Waals surface area (Å²) >= 11 is 0. The van der Waals surface area contributed by atoms with Gasteiger partial charge in [-0.1, -0.05) is 18.2 Å². The van der Waals surface area contributed by atoms with Crippen molar-refractivity contribution in [1.29, 1.82) is 0 Å². The lowest BCUT2D eigenvalue weighted by Gasteiger charge is -2.08. The fourth-order valence-corrected chi connectivity index (χ4v) is 2.89. The monoisotopic (exact) mass is 418 g/mol. The normalized spacial score (nSPS) is 12.1. The second-order valence-electron chi connectivity index (χ2n) is 6.46. The molecule has 0 bridgehead atoms. The van der Waals surface area contributed by atoms with Gasteiger partial charge in [-0.15, -0.1) is 0 Å². The second kappa shape index (κ2) is 7.90. The number of aromatic amines is 1. The van der Waals surface area contributed by atoms with E-state index in [1.165, 1.54) is 31.2 Å². The largest absolute Gasteiger partial charge is 0.507 e. The van der Waals surface area contributed by atoms with Crippen molar-refractivity contribution in [1.82, 2.24) is 15.2 Å². The number of rotatable bonds is 4. The molecule has 1 amide bonds. The molecule has 0 atom stereocenters. The van der Waals surface area contributed by atoms with Gasteiger partial charge in [0.1, 0.15) is 5.75 Å². The minimum Gasteiger partial charge on any atom is -0.507 e. The molecule has 10 heteroatoms. The van der Waals surface area contributed by atoms with Crippen molar-refractivity contribution in [2.75, 3.05) is 0 Å². The van der Waals surface area contributed by atoms with Crippen molar-refractivity contribution in [3.63, 3.8) is 0 Å². The lowest BCUT2D eigenvalue weighted by atomic mass is 10.1. The zero-order chi connectivity index (χ0) is 22.1. The van der Waals surface area contributed by atoms with Crippen LogP contribution >= 0.6 is 0 Å². The maximum atomic E-state index is 13.0. The maximum Gasteiger partial charge on any atom is 0.416 e. The number of aryl methyl sites for hydroxylation is 1. The molecule has 156 valence electrons. The van der Waals surface area contributed by atoms with Crippen LogP contribution in [0.15, 0.2) is 58.4 Å². The molecule has 0 fully saturated rings. The number of hydrogen-bond donors (Lipinski definition) is 3. The first-order valence-electron chi connectivity index (χ1n) is 8.72. The highest BCUT2D eigenvalue weighted by Crippen LogP contribution is 2.30. The quantitative estimate of drug-likeness (QED) is 0.448. The average molecular weight is 418 g/mol. The van der Waals surface area contributed by atoms with E-state index in [2.05, 4.69) is 15.6 Å². The first-order valence-corrected chi connectivity index (χ1v) is 8.72. The van der Waals surface area contributed by atoms with Gasteiger partial charge in [0.25, 0.3) is 11.5 Å². The van der Waals surface area contributed by atoms with Crippen molar-refractivity contribution in [3.8, 4) is 11.4 Å². The zero-order valence-corrected chi connectivity index (χ0v) is 15.9. The van der Waals surface area contributed by atoms with Crippen LogP contribution in [0.1, 0.15) is 34.1 Å². The summed E-state index contributed by atoms with van der Waals surface area (Å²) in [4.78, 5) is 24.9. The molecule has 1 heterocycles. The summed E-state index contributed by atoms with van der Waals surface area (Å²) in [6, 6.07) is 10.2. The molecule has 3 aromatic rings. The van der Waals surface area contributed by atoms with Gasteiger partial charge in [0, 0.05) is 5.69 Å². The van der Waals surface area contributed by atoms with E-state index in [4.69, 9.17) is 0 Å². The molecule has 0 radical (unpaired) electrons. The van der Waals surface area contributed by atoms with Crippen molar-refractivity contribution >= 4 is 11.6 Å². The van der Waals surface area contributed by atoms with Gasteiger partial charge in [-0.2, -0.15) is 18.3 Å². The second-order valence-corrected chi connectivity index (χ2v) is 6.46. The van der Waals surface area contributed by atoms with E-state index in [0.717, 1.165) is 16.8 Å². The van der Waals surface area contributed by atoms with Crippen molar-refractivity contribution in [2.24, 2.45) is 5.10 Å². The summed E-state index contributed by atoms with van der Waals surface area (Å²) in [5, 5.41) is 16.3. The molecule has 7 nitrogen and oxygen atoms in total. The van der Waals surface area contributed by atoms with Crippen LogP contribution in [0.4, 0.5) is 13.2 Å². The summed E-state index contributed by atoms with van der Waals surface area (Å²) in [6.45, 7) is 3.03. The van der Waals surface area contributed by atoms with Crippen LogP contribution in [-0.4, -0.2) is 26.5 Å². The number of phenols is 1. The molecule has 0 saturated heterocycles. The molecular weight excluding hydrogens is 401 g/mol. The summed E-state index contributed by atoms with van der Waals surface area (Å²) in [7, 11) is 0. The molecule has 0 unspecified atom stereocenters. The number of H-pyrrole nitrogens is 1. The number of benzene rings is 2. The Kier molecular flexibility index (Phi) is 5.50. The van der Waals surface area contributed by atoms with Crippen LogP contribution in [0.25, 0.3) is 5.69 Å². The van der Waals surface area contributed by atoms with Gasteiger partial charge >= 0.3 is 6.18 Å². The molecule has 30 heavy (non-hydrogen) atoms. The van der Waals surface area contributed by atoms with Crippen molar-refractivity contribution in [3.05, 3.63) is 81.3 Å². The number of hydrogen-bond acceptors (Lipinski definition) is 4. The van der Waals surface area contributed by atoms with E-state index in [1.54, 1.807) is 19.1 Å². The molecular formula is C20H17F3N4O3.